The van der Waals surface area contributed by atoms with Crippen LogP contribution in [0.15, 0.2) is 17.0 Å². The average Bonchev–Trinajstić information content (AvgIpc) is 3.05. The average molecular weight is 380 g/mol. The minimum Gasteiger partial charge on any atom is -0.351 e. The van der Waals surface area contributed by atoms with Gasteiger partial charge < -0.3 is 10.6 Å². The van der Waals surface area contributed by atoms with Crippen LogP contribution in [-0.2, 0) is 14.8 Å². The summed E-state index contributed by atoms with van der Waals surface area (Å²) < 4.78 is 28.1. The van der Waals surface area contributed by atoms with Crippen molar-refractivity contribution >= 4 is 15.9 Å². The van der Waals surface area contributed by atoms with E-state index >= 15 is 0 Å². The lowest BCUT2D eigenvalue weighted by Gasteiger charge is -2.29. The molecule has 6 nitrogen and oxygen atoms in total. The molecule has 1 aromatic carbocycles. The van der Waals surface area contributed by atoms with Gasteiger partial charge in [0.2, 0.25) is 15.9 Å². The number of hydrogen-bond donors (Lipinski definition) is 2. The highest BCUT2D eigenvalue weighted by molar-refractivity contribution is 7.89. The molecule has 0 saturated carbocycles. The number of hydrogen-bond acceptors (Lipinski definition) is 4. The van der Waals surface area contributed by atoms with Gasteiger partial charge in [0.25, 0.3) is 0 Å². The van der Waals surface area contributed by atoms with Crippen molar-refractivity contribution in [2.24, 2.45) is 0 Å². The van der Waals surface area contributed by atoms with Gasteiger partial charge in [-0.15, -0.1) is 0 Å². The molecule has 2 aliphatic heterocycles. The second-order valence-corrected chi connectivity index (χ2v) is 9.38. The molecular weight excluding hydrogens is 350 g/mol. The van der Waals surface area contributed by atoms with Gasteiger partial charge in [-0.25, -0.2) is 8.42 Å². The van der Waals surface area contributed by atoms with Crippen molar-refractivity contribution in [1.29, 1.82) is 0 Å². The van der Waals surface area contributed by atoms with E-state index < -0.39 is 16.1 Å². The molecule has 144 valence electrons. The van der Waals surface area contributed by atoms with E-state index in [-0.39, 0.29) is 11.9 Å². The Hall–Kier alpha value is -1.44. The van der Waals surface area contributed by atoms with Crippen molar-refractivity contribution in [2.45, 2.75) is 63.4 Å². The summed E-state index contributed by atoms with van der Waals surface area (Å²) in [7, 11) is -3.69. The molecule has 0 aromatic heterocycles. The maximum Gasteiger partial charge on any atom is 0.244 e. The smallest absolute Gasteiger partial charge is 0.244 e. The standard InChI is InChI=1S/C19H29N3O3S/c1-13-10-14(2)18(15(3)11-13)26(24,25)22-9-5-7-17(22)19(23)21-16-6-4-8-20-12-16/h10-11,16-17,20H,4-9,12H2,1-3H3,(H,21,23)/t16-,17?/m0/s1. The van der Waals surface area contributed by atoms with Gasteiger partial charge in [-0.05, 0) is 64.1 Å². The first-order valence-corrected chi connectivity index (χ1v) is 10.9. The summed E-state index contributed by atoms with van der Waals surface area (Å²) in [5, 5.41) is 6.32. The molecule has 26 heavy (non-hydrogen) atoms. The maximum absolute atomic E-state index is 13.3. The summed E-state index contributed by atoms with van der Waals surface area (Å²) in [5.41, 5.74) is 2.52. The number of sulfonamides is 1. The summed E-state index contributed by atoms with van der Waals surface area (Å²) >= 11 is 0. The zero-order valence-corrected chi connectivity index (χ0v) is 16.7. The number of amides is 1. The van der Waals surface area contributed by atoms with E-state index in [9.17, 15) is 13.2 Å². The zero-order valence-electron chi connectivity index (χ0n) is 15.8. The van der Waals surface area contributed by atoms with E-state index in [2.05, 4.69) is 10.6 Å². The fourth-order valence-corrected chi connectivity index (χ4v) is 6.32. The Morgan fingerprint density at radius 2 is 1.85 bits per heavy atom. The number of rotatable bonds is 4. The van der Waals surface area contributed by atoms with E-state index in [1.54, 1.807) is 0 Å². The Balaban J connectivity index is 1.83. The van der Waals surface area contributed by atoms with Crippen LogP contribution in [0.1, 0.15) is 42.4 Å². The van der Waals surface area contributed by atoms with Crippen molar-refractivity contribution in [3.63, 3.8) is 0 Å². The van der Waals surface area contributed by atoms with Gasteiger partial charge >= 0.3 is 0 Å². The minimum absolute atomic E-state index is 0.0873. The highest BCUT2D eigenvalue weighted by atomic mass is 32.2. The second kappa shape index (κ2) is 7.66. The van der Waals surface area contributed by atoms with Gasteiger partial charge in [-0.3, -0.25) is 4.79 Å². The van der Waals surface area contributed by atoms with Crippen LogP contribution in [-0.4, -0.2) is 50.3 Å². The highest BCUT2D eigenvalue weighted by Crippen LogP contribution is 2.30. The summed E-state index contributed by atoms with van der Waals surface area (Å²) in [4.78, 5) is 13.1. The minimum atomic E-state index is -3.69. The van der Waals surface area contributed by atoms with E-state index in [1.807, 2.05) is 32.9 Å². The molecule has 3 rings (SSSR count). The van der Waals surface area contributed by atoms with Crippen LogP contribution in [0.4, 0.5) is 0 Å². The number of carbonyl (C=O) groups excluding carboxylic acids is 1. The predicted octanol–water partition coefficient (Wildman–Crippen LogP) is 1.63. The molecule has 1 aromatic rings. The lowest BCUT2D eigenvalue weighted by molar-refractivity contribution is -0.125. The molecule has 2 aliphatic rings. The Bertz CT molecular complexity index is 762. The Labute approximate surface area is 156 Å². The zero-order chi connectivity index (χ0) is 18.9. The number of carbonyl (C=O) groups is 1. The molecule has 0 spiro atoms. The van der Waals surface area contributed by atoms with Gasteiger partial charge in [0.15, 0.2) is 0 Å². The van der Waals surface area contributed by atoms with Crippen LogP contribution in [0.25, 0.3) is 0 Å². The number of aryl methyl sites for hydroxylation is 3. The van der Waals surface area contributed by atoms with Crippen LogP contribution < -0.4 is 10.6 Å². The fourth-order valence-electron chi connectivity index (χ4n) is 4.25. The summed E-state index contributed by atoms with van der Waals surface area (Å²) in [6.07, 6.45) is 3.26. The molecular formula is C19H29N3O3S. The van der Waals surface area contributed by atoms with Crippen molar-refractivity contribution in [1.82, 2.24) is 14.9 Å². The fraction of sp³-hybridized carbons (Fsp3) is 0.632. The van der Waals surface area contributed by atoms with Crippen LogP contribution >= 0.6 is 0 Å². The summed E-state index contributed by atoms with van der Waals surface area (Å²) in [6.45, 7) is 7.73. The molecule has 2 atom stereocenters. The number of nitrogens with one attached hydrogen (secondary N) is 2. The Kier molecular flexibility index (Phi) is 5.69. The molecule has 0 radical (unpaired) electrons. The van der Waals surface area contributed by atoms with E-state index in [0.717, 1.165) is 42.6 Å². The van der Waals surface area contributed by atoms with Gasteiger partial charge in [0, 0.05) is 19.1 Å². The number of piperidine rings is 1. The van der Waals surface area contributed by atoms with Gasteiger partial charge in [-0.1, -0.05) is 17.7 Å². The number of nitrogens with zero attached hydrogens (tertiary/aromatic N) is 1. The molecule has 1 unspecified atom stereocenters. The van der Waals surface area contributed by atoms with Crippen LogP contribution in [0.3, 0.4) is 0 Å². The quantitative estimate of drug-likeness (QED) is 0.834. The third kappa shape index (κ3) is 3.80. The lowest BCUT2D eigenvalue weighted by Crippen LogP contribution is -2.52. The highest BCUT2D eigenvalue weighted by Gasteiger charge is 2.41. The van der Waals surface area contributed by atoms with E-state index in [1.165, 1.54) is 4.31 Å². The molecule has 2 fully saturated rings. The van der Waals surface area contributed by atoms with E-state index in [4.69, 9.17) is 0 Å². The summed E-state index contributed by atoms with van der Waals surface area (Å²) in [6, 6.07) is 3.25. The van der Waals surface area contributed by atoms with Crippen molar-refractivity contribution < 1.29 is 13.2 Å². The third-order valence-corrected chi connectivity index (χ3v) is 7.54. The lowest BCUT2D eigenvalue weighted by atomic mass is 10.1. The molecule has 0 bridgehead atoms. The van der Waals surface area contributed by atoms with E-state index in [0.29, 0.717) is 24.3 Å². The first-order chi connectivity index (χ1) is 12.3. The topological polar surface area (TPSA) is 78.5 Å². The first kappa shape index (κ1) is 19.3. The normalized spacial score (nSPS) is 24.6. The SMILES string of the molecule is Cc1cc(C)c(S(=O)(=O)N2CCCC2C(=O)N[C@H]2CCCNC2)c(C)c1. The van der Waals surface area contributed by atoms with Crippen LogP contribution in [0, 0.1) is 20.8 Å². The van der Waals surface area contributed by atoms with Gasteiger partial charge in [0.05, 0.1) is 4.90 Å². The van der Waals surface area contributed by atoms with Crippen molar-refractivity contribution in [3.05, 3.63) is 28.8 Å². The monoisotopic (exact) mass is 379 g/mol. The third-order valence-electron chi connectivity index (χ3n) is 5.32. The van der Waals surface area contributed by atoms with Crippen LogP contribution in [0.5, 0.6) is 0 Å². The molecule has 0 aliphatic carbocycles. The number of benzene rings is 1. The molecule has 2 saturated heterocycles. The van der Waals surface area contributed by atoms with Gasteiger partial charge in [0.1, 0.15) is 6.04 Å². The van der Waals surface area contributed by atoms with Gasteiger partial charge in [-0.2, -0.15) is 4.31 Å². The summed E-state index contributed by atoms with van der Waals surface area (Å²) in [5.74, 6) is -0.165. The van der Waals surface area contributed by atoms with Crippen molar-refractivity contribution in [3.8, 4) is 0 Å². The molecule has 2 heterocycles. The molecule has 7 heteroatoms. The molecule has 2 N–H and O–H groups in total. The van der Waals surface area contributed by atoms with Crippen LogP contribution in [0.2, 0.25) is 0 Å². The Morgan fingerprint density at radius 1 is 1.15 bits per heavy atom. The predicted molar refractivity (Wildman–Crippen MR) is 102 cm³/mol. The Morgan fingerprint density at radius 3 is 2.46 bits per heavy atom. The maximum atomic E-state index is 13.3. The first-order valence-electron chi connectivity index (χ1n) is 9.41. The molecule has 1 amide bonds. The van der Waals surface area contributed by atoms with Crippen molar-refractivity contribution in [2.75, 3.05) is 19.6 Å². The second-order valence-electron chi connectivity index (χ2n) is 7.55. The largest absolute Gasteiger partial charge is 0.351 e.